The normalized spacial score (nSPS) is 27.2. The maximum Gasteiger partial charge on any atom is 0.227 e. The molecule has 0 heterocycles. The summed E-state index contributed by atoms with van der Waals surface area (Å²) in [6.45, 7) is 5.28. The van der Waals surface area contributed by atoms with Gasteiger partial charge in [-0.15, -0.1) is 6.58 Å². The van der Waals surface area contributed by atoms with E-state index in [9.17, 15) is 17.7 Å². The van der Waals surface area contributed by atoms with Crippen LogP contribution in [0.1, 0.15) is 18.9 Å². The van der Waals surface area contributed by atoms with Crippen molar-refractivity contribution in [2.24, 2.45) is 11.7 Å². The van der Waals surface area contributed by atoms with Crippen molar-refractivity contribution < 1.29 is 22.3 Å². The van der Waals surface area contributed by atoms with E-state index < -0.39 is 41.8 Å². The average molecular weight is 319 g/mol. The van der Waals surface area contributed by atoms with Crippen LogP contribution in [0, 0.1) is 23.4 Å². The molecule has 0 spiro atoms. The highest BCUT2D eigenvalue weighted by atomic mass is 31.2. The molecule has 3 atom stereocenters. The minimum Gasteiger partial charge on any atom is -0.327 e. The summed E-state index contributed by atoms with van der Waals surface area (Å²) < 4.78 is 59.0. The molecule has 1 saturated carbocycles. The monoisotopic (exact) mass is 319 g/mol. The van der Waals surface area contributed by atoms with Crippen LogP contribution in [-0.2, 0) is 15.3 Å². The van der Waals surface area contributed by atoms with Gasteiger partial charge in [0.15, 0.2) is 11.6 Å². The minimum atomic E-state index is -3.60. The van der Waals surface area contributed by atoms with Gasteiger partial charge in [-0.2, -0.15) is 0 Å². The molecule has 2 rings (SSSR count). The van der Waals surface area contributed by atoms with Gasteiger partial charge in [0.05, 0.1) is 12.8 Å². The molecule has 0 aromatic heterocycles. The molecule has 0 saturated heterocycles. The second-order valence-electron chi connectivity index (χ2n) is 5.11. The molecular formula is C14H17F3NO2P. The van der Waals surface area contributed by atoms with Gasteiger partial charge in [0.2, 0.25) is 7.37 Å². The molecule has 116 valence electrons. The van der Waals surface area contributed by atoms with E-state index >= 15 is 0 Å². The molecule has 1 aromatic carbocycles. The van der Waals surface area contributed by atoms with Gasteiger partial charge in [0.1, 0.15) is 11.1 Å². The molecule has 1 aliphatic rings. The van der Waals surface area contributed by atoms with Gasteiger partial charge in [0, 0.05) is 11.5 Å². The Bertz CT molecular complexity index is 622. The minimum absolute atomic E-state index is 0.0820. The molecule has 0 amide bonds. The van der Waals surface area contributed by atoms with Gasteiger partial charge in [-0.3, -0.25) is 4.57 Å². The first-order chi connectivity index (χ1) is 9.79. The van der Waals surface area contributed by atoms with Crippen molar-refractivity contribution in [3.63, 3.8) is 0 Å². The molecule has 1 aromatic rings. The fourth-order valence-electron chi connectivity index (χ4n) is 2.42. The average Bonchev–Trinajstić information content (AvgIpc) is 3.13. The molecular weight excluding hydrogens is 302 g/mol. The number of nitrogens with two attached hydrogens (primary N) is 1. The smallest absolute Gasteiger partial charge is 0.227 e. The van der Waals surface area contributed by atoms with E-state index in [0.29, 0.717) is 12.5 Å². The first-order valence-corrected chi connectivity index (χ1v) is 8.37. The summed E-state index contributed by atoms with van der Waals surface area (Å²) in [4.78, 5) is 0. The van der Waals surface area contributed by atoms with Crippen LogP contribution in [0.25, 0.3) is 0 Å². The fourth-order valence-corrected chi connectivity index (χ4v) is 5.25. The lowest BCUT2D eigenvalue weighted by atomic mass is 10.2. The second-order valence-corrected chi connectivity index (χ2v) is 7.86. The number of hydrogen-bond donors (Lipinski definition) is 1. The lowest BCUT2D eigenvalue weighted by Crippen LogP contribution is -2.27. The summed E-state index contributed by atoms with van der Waals surface area (Å²) in [6.07, 6.45) is 1.34. The van der Waals surface area contributed by atoms with E-state index in [4.69, 9.17) is 10.3 Å². The highest BCUT2D eigenvalue weighted by Crippen LogP contribution is 2.72. The van der Waals surface area contributed by atoms with Crippen molar-refractivity contribution in [1.29, 1.82) is 0 Å². The van der Waals surface area contributed by atoms with E-state index in [1.54, 1.807) is 13.0 Å². The maximum atomic E-state index is 13.8. The van der Waals surface area contributed by atoms with Gasteiger partial charge in [-0.25, -0.2) is 13.2 Å². The van der Waals surface area contributed by atoms with Gasteiger partial charge in [0.25, 0.3) is 0 Å². The fraction of sp³-hybridized carbons (Fsp3) is 0.429. The molecule has 21 heavy (non-hydrogen) atoms. The standard InChI is InChI=1S/C14H17F3NO2P/c1-3-9-7-14(9,18)21(19,20-4-2)8-10-11(15)5-6-12(16)13(10)17/h3,5-6,9H,1,4,7-8,18H2,2H3. The van der Waals surface area contributed by atoms with Crippen LogP contribution in [0.15, 0.2) is 24.8 Å². The van der Waals surface area contributed by atoms with Crippen molar-refractivity contribution in [1.82, 2.24) is 0 Å². The number of rotatable bonds is 6. The van der Waals surface area contributed by atoms with Gasteiger partial charge >= 0.3 is 0 Å². The van der Waals surface area contributed by atoms with E-state index in [0.717, 1.165) is 6.07 Å². The summed E-state index contributed by atoms with van der Waals surface area (Å²) >= 11 is 0. The number of halogens is 3. The van der Waals surface area contributed by atoms with Crippen LogP contribution < -0.4 is 5.73 Å². The Balaban J connectivity index is 2.41. The summed E-state index contributed by atoms with van der Waals surface area (Å²) in [5, 5.41) is -1.18. The predicted molar refractivity (Wildman–Crippen MR) is 74.5 cm³/mol. The van der Waals surface area contributed by atoms with Crippen LogP contribution in [0.2, 0.25) is 0 Å². The van der Waals surface area contributed by atoms with Crippen LogP contribution in [0.4, 0.5) is 13.2 Å². The van der Waals surface area contributed by atoms with Crippen molar-refractivity contribution in [3.05, 3.63) is 47.8 Å². The van der Waals surface area contributed by atoms with E-state index in [2.05, 4.69) is 6.58 Å². The Morgan fingerprint density at radius 2 is 2.10 bits per heavy atom. The molecule has 3 nitrogen and oxygen atoms in total. The molecule has 2 N–H and O–H groups in total. The number of hydrogen-bond acceptors (Lipinski definition) is 3. The van der Waals surface area contributed by atoms with Gasteiger partial charge in [-0.05, 0) is 25.5 Å². The summed E-state index contributed by atoms with van der Waals surface area (Å²) in [6, 6.07) is 1.48. The van der Waals surface area contributed by atoms with Gasteiger partial charge < -0.3 is 10.3 Å². The molecule has 1 aliphatic carbocycles. The quantitative estimate of drug-likeness (QED) is 0.493. The highest BCUT2D eigenvalue weighted by molar-refractivity contribution is 7.60. The first-order valence-electron chi connectivity index (χ1n) is 6.56. The lowest BCUT2D eigenvalue weighted by Gasteiger charge is -2.25. The van der Waals surface area contributed by atoms with Gasteiger partial charge in [-0.1, -0.05) is 6.08 Å². The predicted octanol–water partition coefficient (Wildman–Crippen LogP) is 3.78. The Kier molecular flexibility index (Phi) is 4.34. The molecule has 1 fully saturated rings. The zero-order chi connectivity index (χ0) is 15.8. The van der Waals surface area contributed by atoms with Crippen molar-refractivity contribution in [2.75, 3.05) is 6.61 Å². The van der Waals surface area contributed by atoms with E-state index in [1.807, 2.05) is 0 Å². The zero-order valence-corrected chi connectivity index (χ0v) is 12.5. The van der Waals surface area contributed by atoms with Crippen LogP contribution >= 0.6 is 7.37 Å². The third-order valence-electron chi connectivity index (χ3n) is 3.79. The van der Waals surface area contributed by atoms with Crippen LogP contribution in [-0.4, -0.2) is 11.9 Å². The Morgan fingerprint density at radius 3 is 2.62 bits per heavy atom. The second kappa shape index (κ2) is 5.59. The molecule has 0 radical (unpaired) electrons. The number of benzene rings is 1. The maximum absolute atomic E-state index is 13.8. The van der Waals surface area contributed by atoms with E-state index in [1.165, 1.54) is 0 Å². The van der Waals surface area contributed by atoms with Crippen molar-refractivity contribution >= 4 is 7.37 Å². The molecule has 0 bridgehead atoms. The lowest BCUT2D eigenvalue weighted by molar-refractivity contribution is 0.319. The Hall–Kier alpha value is -1.10. The van der Waals surface area contributed by atoms with E-state index in [-0.39, 0.29) is 12.5 Å². The summed E-state index contributed by atoms with van der Waals surface area (Å²) in [5.74, 6) is -3.76. The Labute approximate surface area is 121 Å². The zero-order valence-electron chi connectivity index (χ0n) is 11.6. The van der Waals surface area contributed by atoms with Crippen LogP contribution in [0.3, 0.4) is 0 Å². The molecule has 0 aliphatic heterocycles. The Morgan fingerprint density at radius 1 is 1.48 bits per heavy atom. The SMILES string of the molecule is C=CC1CC1(N)P(=O)(Cc1c(F)ccc(F)c1F)OCC. The summed E-state index contributed by atoms with van der Waals surface area (Å²) in [5.41, 5.74) is 5.46. The molecule has 7 heteroatoms. The summed E-state index contributed by atoms with van der Waals surface area (Å²) in [7, 11) is -3.60. The van der Waals surface area contributed by atoms with Crippen molar-refractivity contribution in [3.8, 4) is 0 Å². The van der Waals surface area contributed by atoms with Crippen LogP contribution in [0.5, 0.6) is 0 Å². The topological polar surface area (TPSA) is 52.3 Å². The third kappa shape index (κ3) is 2.68. The highest BCUT2D eigenvalue weighted by Gasteiger charge is 2.62. The van der Waals surface area contributed by atoms with Crippen molar-refractivity contribution in [2.45, 2.75) is 24.8 Å². The first kappa shape index (κ1) is 16.3. The molecule has 3 unspecified atom stereocenters. The third-order valence-corrected chi connectivity index (χ3v) is 6.98. The largest absolute Gasteiger partial charge is 0.327 e.